The monoisotopic (exact) mass is 564 g/mol. The zero-order chi connectivity index (χ0) is 24.3. The van der Waals surface area contributed by atoms with Crippen LogP contribution in [0.25, 0.3) is 0 Å². The minimum Gasteiger partial charge on any atom is -0.114 e. The molecule has 0 saturated heterocycles. The molecule has 0 aliphatic carbocycles. The fraction of sp³-hybridized carbons (Fsp3) is 0.103. The molecule has 0 fully saturated rings. The molecular formula is C29H26P2S4. The molecule has 0 unspecified atom stereocenters. The molecule has 176 valence electrons. The smallest absolute Gasteiger partial charge is 0.0798 e. The summed E-state index contributed by atoms with van der Waals surface area (Å²) in [6, 6.07) is 42.8. The first kappa shape index (κ1) is 26.7. The normalized spacial score (nSPS) is 11.0. The van der Waals surface area contributed by atoms with E-state index in [0.717, 1.165) is 25.8 Å². The molecule has 0 bridgehead atoms. The van der Waals surface area contributed by atoms with Gasteiger partial charge in [-0.3, -0.25) is 0 Å². The molecule has 6 heteroatoms. The third-order valence-corrected chi connectivity index (χ3v) is 14.3. The fourth-order valence-electron chi connectivity index (χ4n) is 3.54. The minimum absolute atomic E-state index is 0.651. The number of hydrogen-bond donors (Lipinski definition) is 0. The summed E-state index contributed by atoms with van der Waals surface area (Å²) < 4.78 is 2.20. The van der Waals surface area contributed by atoms with Gasteiger partial charge >= 0.3 is 0 Å². The molecule has 0 N–H and O–H groups in total. The van der Waals surface area contributed by atoms with Crippen molar-refractivity contribution in [2.24, 2.45) is 0 Å². The van der Waals surface area contributed by atoms with Gasteiger partial charge in [0.1, 0.15) is 0 Å². The van der Waals surface area contributed by atoms with E-state index in [0.29, 0.717) is 0 Å². The second kappa shape index (κ2) is 14.4. The van der Waals surface area contributed by atoms with E-state index in [1.165, 1.54) is 21.2 Å². The van der Waals surface area contributed by atoms with Crippen LogP contribution in [0, 0.1) is 0 Å². The van der Waals surface area contributed by atoms with Crippen molar-refractivity contribution in [3.05, 3.63) is 121 Å². The van der Waals surface area contributed by atoms with Crippen LogP contribution in [-0.2, 0) is 0 Å². The number of rotatable bonds is 10. The van der Waals surface area contributed by atoms with Gasteiger partial charge in [0.25, 0.3) is 0 Å². The second-order valence-corrected chi connectivity index (χ2v) is 16.7. The molecule has 0 nitrogen and oxygen atoms in total. The van der Waals surface area contributed by atoms with Crippen molar-refractivity contribution < 1.29 is 0 Å². The Morgan fingerprint density at radius 2 is 0.714 bits per heavy atom. The van der Waals surface area contributed by atoms with Crippen molar-refractivity contribution in [2.75, 3.05) is 11.5 Å². The molecular weight excluding hydrogens is 539 g/mol. The molecule has 4 aromatic rings. The zero-order valence-corrected chi connectivity index (χ0v) is 24.3. The SMILES string of the molecule is S=C(SCCCSC(=S)P(c1ccccc1)c1ccccc1)P(c1ccccc1)c1ccccc1. The van der Waals surface area contributed by atoms with Gasteiger partial charge in [-0.2, -0.15) is 0 Å². The van der Waals surface area contributed by atoms with Crippen LogP contribution in [0.1, 0.15) is 6.42 Å². The Hall–Kier alpha value is -1.38. The van der Waals surface area contributed by atoms with Crippen LogP contribution in [0.15, 0.2) is 121 Å². The van der Waals surface area contributed by atoms with Gasteiger partial charge in [0.2, 0.25) is 0 Å². The maximum atomic E-state index is 5.97. The maximum absolute atomic E-state index is 5.97. The number of hydrogen-bond acceptors (Lipinski definition) is 4. The predicted octanol–water partition coefficient (Wildman–Crippen LogP) is 7.68. The average Bonchev–Trinajstić information content (AvgIpc) is 2.91. The lowest BCUT2D eigenvalue weighted by atomic mass is 10.4. The van der Waals surface area contributed by atoms with E-state index in [1.807, 2.05) is 23.5 Å². The Kier molecular flexibility index (Phi) is 11.0. The van der Waals surface area contributed by atoms with Gasteiger partial charge in [-0.1, -0.05) is 146 Å². The Balaban J connectivity index is 1.34. The highest BCUT2D eigenvalue weighted by Gasteiger charge is 2.20. The van der Waals surface area contributed by atoms with E-state index >= 15 is 0 Å². The number of thioether (sulfide) groups is 2. The van der Waals surface area contributed by atoms with Gasteiger partial charge in [-0.05, 0) is 39.1 Å². The molecule has 0 amide bonds. The Labute approximate surface area is 230 Å². The summed E-state index contributed by atoms with van der Waals surface area (Å²) in [4.78, 5) is 0. The Morgan fingerprint density at radius 1 is 0.457 bits per heavy atom. The molecule has 0 atom stereocenters. The fourth-order valence-corrected chi connectivity index (χ4v) is 12.6. The van der Waals surface area contributed by atoms with Crippen molar-refractivity contribution in [3.63, 3.8) is 0 Å². The van der Waals surface area contributed by atoms with Crippen molar-refractivity contribution in [1.82, 2.24) is 0 Å². The van der Waals surface area contributed by atoms with Crippen molar-refractivity contribution >= 4 is 92.9 Å². The van der Waals surface area contributed by atoms with Crippen molar-refractivity contribution in [1.29, 1.82) is 0 Å². The molecule has 0 aliphatic heterocycles. The van der Waals surface area contributed by atoms with Gasteiger partial charge in [-0.15, -0.1) is 23.5 Å². The molecule has 4 rings (SSSR count). The van der Waals surface area contributed by atoms with Crippen LogP contribution < -0.4 is 21.2 Å². The van der Waals surface area contributed by atoms with Gasteiger partial charge in [0.15, 0.2) is 0 Å². The van der Waals surface area contributed by atoms with Crippen molar-refractivity contribution in [2.45, 2.75) is 6.42 Å². The summed E-state index contributed by atoms with van der Waals surface area (Å²) >= 11 is 15.6. The van der Waals surface area contributed by atoms with Crippen LogP contribution in [0.2, 0.25) is 0 Å². The lowest BCUT2D eigenvalue weighted by molar-refractivity contribution is 1.13. The first-order chi connectivity index (χ1) is 17.2. The molecule has 0 aromatic heterocycles. The number of thiocarbonyl (C=S) groups is 2. The summed E-state index contributed by atoms with van der Waals surface area (Å²) in [6.07, 6.45) is 1.08. The predicted molar refractivity (Wildman–Crippen MR) is 173 cm³/mol. The zero-order valence-electron chi connectivity index (χ0n) is 19.2. The van der Waals surface area contributed by atoms with E-state index in [4.69, 9.17) is 24.4 Å². The topological polar surface area (TPSA) is 0 Å². The van der Waals surface area contributed by atoms with E-state index < -0.39 is 15.8 Å². The third-order valence-electron chi connectivity index (χ3n) is 5.16. The van der Waals surface area contributed by atoms with E-state index in [9.17, 15) is 0 Å². The summed E-state index contributed by atoms with van der Waals surface area (Å²) in [5.41, 5.74) is 0. The van der Waals surface area contributed by atoms with Gasteiger partial charge in [0.05, 0.1) is 7.88 Å². The van der Waals surface area contributed by atoms with Crippen LogP contribution in [0.5, 0.6) is 0 Å². The second-order valence-electron chi connectivity index (χ2n) is 7.60. The summed E-state index contributed by atoms with van der Waals surface area (Å²) in [5.74, 6) is 2.03. The maximum Gasteiger partial charge on any atom is 0.0798 e. The summed E-state index contributed by atoms with van der Waals surface area (Å²) in [6.45, 7) is 0. The van der Waals surface area contributed by atoms with E-state index in [-0.39, 0.29) is 0 Å². The van der Waals surface area contributed by atoms with Crippen LogP contribution in [0.3, 0.4) is 0 Å². The van der Waals surface area contributed by atoms with Gasteiger partial charge < -0.3 is 0 Å². The molecule has 0 spiro atoms. The van der Waals surface area contributed by atoms with Crippen molar-refractivity contribution in [3.8, 4) is 0 Å². The number of benzene rings is 4. The molecule has 0 aliphatic rings. The standard InChI is InChI=1S/C29H26P2S4/c32-28(30(24-14-5-1-6-15-24)25-16-7-2-8-17-25)34-22-13-23-35-29(33)31(26-18-9-3-10-19-26)27-20-11-4-12-21-27/h1-12,14-21H,13,22-23H2. The lowest BCUT2D eigenvalue weighted by Crippen LogP contribution is -2.16. The van der Waals surface area contributed by atoms with Crippen LogP contribution >= 0.6 is 63.8 Å². The third kappa shape index (κ3) is 7.80. The minimum atomic E-state index is -0.651. The van der Waals surface area contributed by atoms with Crippen LogP contribution in [-0.4, -0.2) is 19.4 Å². The molecule has 35 heavy (non-hydrogen) atoms. The highest BCUT2D eigenvalue weighted by atomic mass is 32.2. The quantitative estimate of drug-likeness (QED) is 0.110. The summed E-state index contributed by atoms with van der Waals surface area (Å²) in [5, 5.41) is 5.27. The molecule has 0 heterocycles. The molecule has 0 radical (unpaired) electrons. The van der Waals surface area contributed by atoms with Gasteiger partial charge in [-0.25, -0.2) is 0 Å². The lowest BCUT2D eigenvalue weighted by Gasteiger charge is -2.20. The average molecular weight is 565 g/mol. The first-order valence-electron chi connectivity index (χ1n) is 11.4. The Morgan fingerprint density at radius 3 is 0.971 bits per heavy atom. The first-order valence-corrected chi connectivity index (χ1v) is 16.8. The molecule has 4 aromatic carbocycles. The highest BCUT2D eigenvalue weighted by molar-refractivity contribution is 8.38. The highest BCUT2D eigenvalue weighted by Crippen LogP contribution is 2.42. The van der Waals surface area contributed by atoms with E-state index in [1.54, 1.807) is 0 Å². The van der Waals surface area contributed by atoms with Crippen LogP contribution in [0.4, 0.5) is 0 Å². The van der Waals surface area contributed by atoms with Gasteiger partial charge in [0, 0.05) is 15.8 Å². The van der Waals surface area contributed by atoms with E-state index in [2.05, 4.69) is 121 Å². The Bertz CT molecular complexity index is 1030. The summed E-state index contributed by atoms with van der Waals surface area (Å²) in [7, 11) is -1.30. The molecule has 0 saturated carbocycles. The largest absolute Gasteiger partial charge is 0.114 e.